The number of primary amides is 1. The number of methoxy groups -OCH3 is 1. The highest BCUT2D eigenvalue weighted by molar-refractivity contribution is 7.16. The van der Waals surface area contributed by atoms with Crippen molar-refractivity contribution in [2.75, 3.05) is 7.11 Å². The van der Waals surface area contributed by atoms with Gasteiger partial charge in [-0.15, -0.1) is 11.3 Å². The van der Waals surface area contributed by atoms with Crippen LogP contribution in [0.1, 0.15) is 10.6 Å². The third-order valence-corrected chi connectivity index (χ3v) is 2.30. The SMILES string of the molecule is COc1nc(C(N)=O)nc2scnc12. The number of ether oxygens (including phenoxy) is 1. The van der Waals surface area contributed by atoms with Crippen LogP contribution in [0.25, 0.3) is 10.3 Å². The van der Waals surface area contributed by atoms with Crippen molar-refractivity contribution in [2.24, 2.45) is 5.73 Å². The van der Waals surface area contributed by atoms with Crippen molar-refractivity contribution in [3.05, 3.63) is 11.3 Å². The van der Waals surface area contributed by atoms with Gasteiger partial charge in [0.05, 0.1) is 12.6 Å². The predicted molar refractivity (Wildman–Crippen MR) is 50.3 cm³/mol. The number of thiazole rings is 1. The molecule has 0 aliphatic carbocycles. The quantitative estimate of drug-likeness (QED) is 0.764. The molecule has 0 unspecified atom stereocenters. The second-order valence-corrected chi connectivity index (χ2v) is 3.26. The second kappa shape index (κ2) is 3.18. The van der Waals surface area contributed by atoms with Gasteiger partial charge in [-0.1, -0.05) is 0 Å². The van der Waals surface area contributed by atoms with Crippen LogP contribution in [-0.2, 0) is 0 Å². The number of aromatic nitrogens is 3. The van der Waals surface area contributed by atoms with Crippen LogP contribution in [-0.4, -0.2) is 28.0 Å². The molecular formula is C7H6N4O2S. The zero-order valence-electron chi connectivity index (χ0n) is 7.22. The van der Waals surface area contributed by atoms with E-state index in [1.54, 1.807) is 5.51 Å². The second-order valence-electron chi connectivity index (χ2n) is 2.43. The van der Waals surface area contributed by atoms with Crippen molar-refractivity contribution in [3.8, 4) is 5.88 Å². The maximum Gasteiger partial charge on any atom is 0.286 e. The van der Waals surface area contributed by atoms with E-state index in [0.717, 1.165) is 0 Å². The Morgan fingerprint density at radius 1 is 1.57 bits per heavy atom. The normalized spacial score (nSPS) is 10.4. The minimum absolute atomic E-state index is 0.0569. The summed E-state index contributed by atoms with van der Waals surface area (Å²) in [5.41, 5.74) is 7.21. The van der Waals surface area contributed by atoms with E-state index in [2.05, 4.69) is 15.0 Å². The topological polar surface area (TPSA) is 91.0 Å². The minimum atomic E-state index is -0.682. The molecular weight excluding hydrogens is 204 g/mol. The molecule has 0 radical (unpaired) electrons. The maximum absolute atomic E-state index is 10.9. The molecule has 0 aliphatic heterocycles. The van der Waals surface area contributed by atoms with Crippen molar-refractivity contribution >= 4 is 27.6 Å². The highest BCUT2D eigenvalue weighted by Gasteiger charge is 2.13. The number of nitrogens with zero attached hydrogens (tertiary/aromatic N) is 3. The molecule has 1 amide bonds. The fourth-order valence-electron chi connectivity index (χ4n) is 0.989. The summed E-state index contributed by atoms with van der Waals surface area (Å²) in [5, 5.41) is 0. The monoisotopic (exact) mass is 210 g/mol. The average Bonchev–Trinajstić information content (AvgIpc) is 2.63. The van der Waals surface area contributed by atoms with Crippen LogP contribution in [0.3, 0.4) is 0 Å². The van der Waals surface area contributed by atoms with Crippen LogP contribution in [0, 0.1) is 0 Å². The van der Waals surface area contributed by atoms with E-state index in [1.807, 2.05) is 0 Å². The molecule has 0 aromatic carbocycles. The van der Waals surface area contributed by atoms with Crippen molar-refractivity contribution in [1.29, 1.82) is 0 Å². The lowest BCUT2D eigenvalue weighted by Crippen LogP contribution is -2.15. The summed E-state index contributed by atoms with van der Waals surface area (Å²) in [7, 11) is 1.45. The Morgan fingerprint density at radius 3 is 3.00 bits per heavy atom. The number of fused-ring (bicyclic) bond motifs is 1. The molecule has 0 spiro atoms. The zero-order valence-corrected chi connectivity index (χ0v) is 8.04. The Bertz CT molecular complexity index is 495. The minimum Gasteiger partial charge on any atom is -0.479 e. The molecule has 7 heteroatoms. The van der Waals surface area contributed by atoms with Gasteiger partial charge in [-0.25, -0.2) is 9.97 Å². The fraction of sp³-hybridized carbons (Fsp3) is 0.143. The first-order chi connectivity index (χ1) is 6.72. The van der Waals surface area contributed by atoms with E-state index in [-0.39, 0.29) is 11.7 Å². The first kappa shape index (κ1) is 8.82. The molecule has 2 aromatic rings. The standard InChI is InChI=1S/C7H6N4O2S/c1-13-6-3-7(14-2-9-3)11-5(10-6)4(8)12/h2H,1H3,(H2,8,12). The summed E-state index contributed by atoms with van der Waals surface area (Å²) in [5.74, 6) is -0.470. The molecule has 0 saturated heterocycles. The van der Waals surface area contributed by atoms with Gasteiger partial charge in [0.25, 0.3) is 5.91 Å². The Kier molecular flexibility index (Phi) is 2.01. The molecule has 2 aromatic heterocycles. The van der Waals surface area contributed by atoms with Gasteiger partial charge >= 0.3 is 0 Å². The molecule has 0 fully saturated rings. The van der Waals surface area contributed by atoms with Gasteiger partial charge in [0.2, 0.25) is 11.7 Å². The smallest absolute Gasteiger partial charge is 0.286 e. The van der Waals surface area contributed by atoms with Crippen molar-refractivity contribution in [2.45, 2.75) is 0 Å². The third kappa shape index (κ3) is 1.27. The highest BCUT2D eigenvalue weighted by Crippen LogP contribution is 2.23. The van der Waals surface area contributed by atoms with Crippen molar-refractivity contribution in [1.82, 2.24) is 15.0 Å². The molecule has 0 atom stereocenters. The number of carbonyl (C=O) groups excluding carboxylic acids is 1. The van der Waals surface area contributed by atoms with E-state index in [1.165, 1.54) is 18.4 Å². The average molecular weight is 210 g/mol. The third-order valence-electron chi connectivity index (χ3n) is 1.58. The molecule has 0 saturated carbocycles. The summed E-state index contributed by atoms with van der Waals surface area (Å²) < 4.78 is 4.96. The Labute approximate surface area is 82.8 Å². The lowest BCUT2D eigenvalue weighted by molar-refractivity contribution is 0.0990. The summed E-state index contributed by atoms with van der Waals surface area (Å²) in [6, 6.07) is 0. The van der Waals surface area contributed by atoms with E-state index >= 15 is 0 Å². The number of nitrogens with two attached hydrogens (primary N) is 1. The van der Waals surface area contributed by atoms with Crippen LogP contribution in [0.15, 0.2) is 5.51 Å². The fourth-order valence-corrected chi connectivity index (χ4v) is 1.64. The Morgan fingerprint density at radius 2 is 2.36 bits per heavy atom. The lowest BCUT2D eigenvalue weighted by Gasteiger charge is -2.00. The van der Waals surface area contributed by atoms with Crippen LogP contribution >= 0.6 is 11.3 Å². The van der Waals surface area contributed by atoms with Gasteiger partial charge in [-0.3, -0.25) is 4.79 Å². The van der Waals surface area contributed by atoms with E-state index in [0.29, 0.717) is 10.3 Å². The van der Waals surface area contributed by atoms with Gasteiger partial charge < -0.3 is 10.5 Å². The first-order valence-electron chi connectivity index (χ1n) is 3.67. The van der Waals surface area contributed by atoms with Crippen LogP contribution in [0.5, 0.6) is 5.88 Å². The van der Waals surface area contributed by atoms with Crippen LogP contribution < -0.4 is 10.5 Å². The van der Waals surface area contributed by atoms with E-state index in [4.69, 9.17) is 10.5 Å². The van der Waals surface area contributed by atoms with Crippen molar-refractivity contribution in [3.63, 3.8) is 0 Å². The molecule has 0 bridgehead atoms. The summed E-state index contributed by atoms with van der Waals surface area (Å²) in [6.07, 6.45) is 0. The van der Waals surface area contributed by atoms with Gasteiger partial charge in [0, 0.05) is 0 Å². The number of amides is 1. The molecule has 2 heterocycles. The zero-order chi connectivity index (χ0) is 10.1. The molecule has 14 heavy (non-hydrogen) atoms. The van der Waals surface area contributed by atoms with E-state index in [9.17, 15) is 4.79 Å². The summed E-state index contributed by atoms with van der Waals surface area (Å²) in [4.78, 5) is 23.2. The van der Waals surface area contributed by atoms with Gasteiger partial charge in [0.15, 0.2) is 10.3 Å². The number of hydrogen-bond donors (Lipinski definition) is 1. The van der Waals surface area contributed by atoms with Crippen LogP contribution in [0.2, 0.25) is 0 Å². The highest BCUT2D eigenvalue weighted by atomic mass is 32.1. The number of rotatable bonds is 2. The van der Waals surface area contributed by atoms with Gasteiger partial charge in [-0.2, -0.15) is 4.98 Å². The lowest BCUT2D eigenvalue weighted by atomic mass is 10.5. The summed E-state index contributed by atoms with van der Waals surface area (Å²) in [6.45, 7) is 0. The number of hydrogen-bond acceptors (Lipinski definition) is 6. The largest absolute Gasteiger partial charge is 0.479 e. The molecule has 0 aliphatic rings. The van der Waals surface area contributed by atoms with Gasteiger partial charge in [-0.05, 0) is 0 Å². The molecule has 6 nitrogen and oxygen atoms in total. The Hall–Kier alpha value is -1.76. The maximum atomic E-state index is 10.9. The van der Waals surface area contributed by atoms with E-state index < -0.39 is 5.91 Å². The number of carbonyl (C=O) groups is 1. The summed E-state index contributed by atoms with van der Waals surface area (Å²) >= 11 is 1.30. The first-order valence-corrected chi connectivity index (χ1v) is 4.55. The van der Waals surface area contributed by atoms with Gasteiger partial charge in [0.1, 0.15) is 0 Å². The Balaban J connectivity index is 2.73. The van der Waals surface area contributed by atoms with Crippen LogP contribution in [0.4, 0.5) is 0 Å². The molecule has 2 rings (SSSR count). The predicted octanol–water partition coefficient (Wildman–Crippen LogP) is 0.194. The molecule has 72 valence electrons. The molecule has 2 N–H and O–H groups in total. The van der Waals surface area contributed by atoms with Crippen molar-refractivity contribution < 1.29 is 9.53 Å².